The van der Waals surface area contributed by atoms with Crippen molar-refractivity contribution in [3.05, 3.63) is 40.9 Å². The lowest BCUT2D eigenvalue weighted by molar-refractivity contribution is -0.140. The van der Waals surface area contributed by atoms with Gasteiger partial charge in [-0.05, 0) is 37.5 Å². The number of hydrogen-bond donors (Lipinski definition) is 1. The highest BCUT2D eigenvalue weighted by Crippen LogP contribution is 2.35. The maximum absolute atomic E-state index is 12.3. The Labute approximate surface area is 145 Å². The normalized spacial score (nSPS) is 22.7. The van der Waals surface area contributed by atoms with Gasteiger partial charge in [0, 0.05) is 23.7 Å². The standard InChI is InChI=1S/C18H19ClN2O3/c1-11-14(19)7-4-8-15(11)20-16(22)9-10-21-17(23)12-5-2-3-6-13(12)18(21)24/h2-4,7-8,12-13H,5-6,9-10H2,1H3,(H,20,22)/t12-,13-/m1/s1. The Balaban J connectivity index is 1.59. The van der Waals surface area contributed by atoms with Crippen molar-refractivity contribution in [2.45, 2.75) is 26.2 Å². The third-order valence-corrected chi connectivity index (χ3v) is 5.11. The molecule has 2 aliphatic rings. The number of amides is 3. The van der Waals surface area contributed by atoms with Crippen LogP contribution in [0.1, 0.15) is 24.8 Å². The summed E-state index contributed by atoms with van der Waals surface area (Å²) in [6, 6.07) is 5.28. The van der Waals surface area contributed by atoms with Crippen LogP contribution in [-0.4, -0.2) is 29.2 Å². The number of anilines is 1. The molecule has 1 aromatic rings. The highest BCUT2D eigenvalue weighted by molar-refractivity contribution is 6.31. The summed E-state index contributed by atoms with van der Waals surface area (Å²) in [6.45, 7) is 1.94. The smallest absolute Gasteiger partial charge is 0.233 e. The van der Waals surface area contributed by atoms with E-state index in [0.717, 1.165) is 5.56 Å². The van der Waals surface area contributed by atoms with E-state index in [-0.39, 0.29) is 42.5 Å². The van der Waals surface area contributed by atoms with Crippen LogP contribution in [0.3, 0.4) is 0 Å². The topological polar surface area (TPSA) is 66.5 Å². The first-order chi connectivity index (χ1) is 11.5. The maximum atomic E-state index is 12.3. The first-order valence-electron chi connectivity index (χ1n) is 8.04. The second kappa shape index (κ2) is 6.77. The first kappa shape index (κ1) is 16.7. The van der Waals surface area contributed by atoms with Crippen molar-refractivity contribution in [1.82, 2.24) is 4.90 Å². The summed E-state index contributed by atoms with van der Waals surface area (Å²) in [7, 11) is 0. The Morgan fingerprint density at radius 3 is 2.46 bits per heavy atom. The van der Waals surface area contributed by atoms with Crippen LogP contribution in [-0.2, 0) is 14.4 Å². The van der Waals surface area contributed by atoms with Crippen molar-refractivity contribution in [1.29, 1.82) is 0 Å². The van der Waals surface area contributed by atoms with Gasteiger partial charge in [-0.15, -0.1) is 0 Å². The molecule has 1 heterocycles. The summed E-state index contributed by atoms with van der Waals surface area (Å²) in [5.41, 5.74) is 1.43. The van der Waals surface area contributed by atoms with E-state index in [2.05, 4.69) is 5.32 Å². The molecule has 1 aliphatic heterocycles. The van der Waals surface area contributed by atoms with Crippen molar-refractivity contribution in [2.24, 2.45) is 11.8 Å². The number of likely N-dealkylation sites (tertiary alicyclic amines) is 1. The Hall–Kier alpha value is -2.14. The molecule has 1 fully saturated rings. The van der Waals surface area contributed by atoms with Crippen LogP contribution in [0.15, 0.2) is 30.4 Å². The van der Waals surface area contributed by atoms with E-state index in [1.165, 1.54) is 4.90 Å². The van der Waals surface area contributed by atoms with Gasteiger partial charge in [-0.25, -0.2) is 0 Å². The molecule has 5 nitrogen and oxygen atoms in total. The molecule has 126 valence electrons. The molecule has 24 heavy (non-hydrogen) atoms. The van der Waals surface area contributed by atoms with Gasteiger partial charge >= 0.3 is 0 Å². The fourth-order valence-electron chi connectivity index (χ4n) is 3.26. The average Bonchev–Trinajstić information content (AvgIpc) is 2.82. The van der Waals surface area contributed by atoms with Gasteiger partial charge in [-0.2, -0.15) is 0 Å². The van der Waals surface area contributed by atoms with Gasteiger partial charge in [0.1, 0.15) is 0 Å². The monoisotopic (exact) mass is 346 g/mol. The van der Waals surface area contributed by atoms with Crippen LogP contribution in [0.4, 0.5) is 5.69 Å². The van der Waals surface area contributed by atoms with Crippen molar-refractivity contribution in [3.63, 3.8) is 0 Å². The highest BCUT2D eigenvalue weighted by Gasteiger charge is 2.46. The number of allylic oxidation sites excluding steroid dienone is 2. The number of carbonyl (C=O) groups is 3. The molecule has 2 atom stereocenters. The third-order valence-electron chi connectivity index (χ3n) is 4.70. The highest BCUT2D eigenvalue weighted by atomic mass is 35.5. The number of fused-ring (bicyclic) bond motifs is 1. The summed E-state index contributed by atoms with van der Waals surface area (Å²) >= 11 is 6.03. The Morgan fingerprint density at radius 2 is 1.83 bits per heavy atom. The molecule has 3 rings (SSSR count). The molecule has 0 bridgehead atoms. The molecule has 0 radical (unpaired) electrons. The van der Waals surface area contributed by atoms with Crippen LogP contribution in [0.2, 0.25) is 5.02 Å². The molecule has 3 amide bonds. The van der Waals surface area contributed by atoms with Crippen molar-refractivity contribution >= 4 is 35.0 Å². The number of hydrogen-bond acceptors (Lipinski definition) is 3. The molecule has 0 unspecified atom stereocenters. The summed E-state index contributed by atoms with van der Waals surface area (Å²) in [5, 5.41) is 3.36. The zero-order chi connectivity index (χ0) is 17.3. The van der Waals surface area contributed by atoms with Gasteiger partial charge in [0.25, 0.3) is 0 Å². The van der Waals surface area contributed by atoms with E-state index in [0.29, 0.717) is 23.6 Å². The number of rotatable bonds is 4. The first-order valence-corrected chi connectivity index (χ1v) is 8.42. The lowest BCUT2D eigenvalue weighted by Gasteiger charge is -2.15. The molecule has 1 saturated heterocycles. The predicted molar refractivity (Wildman–Crippen MR) is 91.5 cm³/mol. The average molecular weight is 347 g/mol. The van der Waals surface area contributed by atoms with Crippen LogP contribution in [0, 0.1) is 18.8 Å². The molecule has 0 saturated carbocycles. The molecule has 1 aromatic carbocycles. The summed E-state index contributed by atoms with van der Waals surface area (Å²) in [4.78, 5) is 38.1. The van der Waals surface area contributed by atoms with E-state index in [1.54, 1.807) is 18.2 Å². The second-order valence-electron chi connectivity index (χ2n) is 6.19. The van der Waals surface area contributed by atoms with Gasteiger partial charge in [-0.3, -0.25) is 19.3 Å². The zero-order valence-corrected chi connectivity index (χ0v) is 14.2. The van der Waals surface area contributed by atoms with Crippen molar-refractivity contribution in [3.8, 4) is 0 Å². The lowest BCUT2D eigenvalue weighted by Crippen LogP contribution is -2.34. The predicted octanol–water partition coefficient (Wildman–Crippen LogP) is 2.93. The molecule has 0 spiro atoms. The van der Waals surface area contributed by atoms with Crippen LogP contribution in [0.25, 0.3) is 0 Å². The zero-order valence-electron chi connectivity index (χ0n) is 13.4. The molecule has 0 aromatic heterocycles. The number of carbonyl (C=O) groups excluding carboxylic acids is 3. The lowest BCUT2D eigenvalue weighted by atomic mass is 9.85. The third kappa shape index (κ3) is 3.08. The number of halogens is 1. The second-order valence-corrected chi connectivity index (χ2v) is 6.60. The van der Waals surface area contributed by atoms with Crippen molar-refractivity contribution < 1.29 is 14.4 Å². The van der Waals surface area contributed by atoms with Gasteiger partial charge in [-0.1, -0.05) is 29.8 Å². The van der Waals surface area contributed by atoms with Gasteiger partial charge < -0.3 is 5.32 Å². The largest absolute Gasteiger partial charge is 0.326 e. The van der Waals surface area contributed by atoms with Crippen LogP contribution >= 0.6 is 11.6 Å². The Kier molecular flexibility index (Phi) is 4.71. The summed E-state index contributed by atoms with van der Waals surface area (Å²) in [6.07, 6.45) is 5.20. The van der Waals surface area contributed by atoms with E-state index >= 15 is 0 Å². The molecular weight excluding hydrogens is 328 g/mol. The molecule has 6 heteroatoms. The van der Waals surface area contributed by atoms with Crippen LogP contribution in [0.5, 0.6) is 0 Å². The number of nitrogens with zero attached hydrogens (tertiary/aromatic N) is 1. The molecular formula is C18H19ClN2O3. The van der Waals surface area contributed by atoms with E-state index < -0.39 is 0 Å². The number of nitrogens with one attached hydrogen (secondary N) is 1. The van der Waals surface area contributed by atoms with Gasteiger partial charge in [0.05, 0.1) is 11.8 Å². The fourth-order valence-corrected chi connectivity index (χ4v) is 3.43. The molecule has 1 aliphatic carbocycles. The minimum absolute atomic E-state index is 0.0797. The minimum Gasteiger partial charge on any atom is -0.326 e. The van der Waals surface area contributed by atoms with E-state index in [9.17, 15) is 14.4 Å². The number of benzene rings is 1. The van der Waals surface area contributed by atoms with Gasteiger partial charge in [0.2, 0.25) is 17.7 Å². The SMILES string of the molecule is Cc1c(Cl)cccc1NC(=O)CCN1C(=O)[C@@H]2CC=CC[C@H]2C1=O. The summed E-state index contributed by atoms with van der Waals surface area (Å²) in [5.74, 6) is -1.04. The van der Waals surface area contributed by atoms with E-state index in [1.807, 2.05) is 19.1 Å². The van der Waals surface area contributed by atoms with Crippen LogP contribution < -0.4 is 5.32 Å². The maximum Gasteiger partial charge on any atom is 0.233 e. The van der Waals surface area contributed by atoms with Gasteiger partial charge in [0.15, 0.2) is 0 Å². The van der Waals surface area contributed by atoms with Crippen molar-refractivity contribution in [2.75, 3.05) is 11.9 Å². The quantitative estimate of drug-likeness (QED) is 0.673. The van der Waals surface area contributed by atoms with E-state index in [4.69, 9.17) is 11.6 Å². The number of imide groups is 1. The Morgan fingerprint density at radius 1 is 1.21 bits per heavy atom. The summed E-state index contributed by atoms with van der Waals surface area (Å²) < 4.78 is 0. The fraction of sp³-hybridized carbons (Fsp3) is 0.389. The molecule has 1 N–H and O–H groups in total. The Bertz CT molecular complexity index is 703. The minimum atomic E-state index is -0.249.